The molecule has 2 heterocycles. The predicted octanol–water partition coefficient (Wildman–Crippen LogP) is 3.21. The molecule has 2 aromatic heterocycles. The molecule has 116 valence electrons. The molecule has 0 aliphatic carbocycles. The molecule has 0 fully saturated rings. The maximum Gasteiger partial charge on any atom is 0.177 e. The standard InChI is InChI=1S/C17H23N5/c1-5-9-22-17-15(12(2)20-22)18-16(19-17)14-8-6-7-13(10-14)11-21(3)4/h6-8,10H,5,9,11H2,1-4H3,(H,18,19). The maximum atomic E-state index is 4.77. The molecule has 0 saturated heterocycles. The van der Waals surface area contributed by atoms with Crippen molar-refractivity contribution in [3.05, 3.63) is 35.5 Å². The van der Waals surface area contributed by atoms with Crippen LogP contribution in [0.15, 0.2) is 24.3 Å². The molecule has 0 aliphatic heterocycles. The van der Waals surface area contributed by atoms with Crippen molar-refractivity contribution in [1.29, 1.82) is 0 Å². The van der Waals surface area contributed by atoms with Crippen LogP contribution in [0.1, 0.15) is 24.6 Å². The lowest BCUT2D eigenvalue weighted by molar-refractivity contribution is 0.402. The summed E-state index contributed by atoms with van der Waals surface area (Å²) in [6.07, 6.45) is 1.05. The van der Waals surface area contributed by atoms with Crippen molar-refractivity contribution in [3.63, 3.8) is 0 Å². The monoisotopic (exact) mass is 297 g/mol. The van der Waals surface area contributed by atoms with E-state index in [4.69, 9.17) is 4.98 Å². The Labute approximate surface area is 131 Å². The Bertz CT molecular complexity index is 782. The predicted molar refractivity (Wildman–Crippen MR) is 89.7 cm³/mol. The summed E-state index contributed by atoms with van der Waals surface area (Å²) in [5.41, 5.74) is 5.41. The van der Waals surface area contributed by atoms with E-state index in [1.807, 2.05) is 11.6 Å². The Morgan fingerprint density at radius 2 is 2.09 bits per heavy atom. The average Bonchev–Trinajstić information content (AvgIpc) is 3.01. The smallest absolute Gasteiger partial charge is 0.177 e. The Balaban J connectivity index is 2.01. The van der Waals surface area contributed by atoms with Crippen LogP contribution in [-0.4, -0.2) is 38.7 Å². The summed E-state index contributed by atoms with van der Waals surface area (Å²) in [6.45, 7) is 6.01. The van der Waals surface area contributed by atoms with E-state index in [1.54, 1.807) is 0 Å². The van der Waals surface area contributed by atoms with Crippen molar-refractivity contribution in [1.82, 2.24) is 24.6 Å². The zero-order chi connectivity index (χ0) is 15.7. The van der Waals surface area contributed by atoms with Gasteiger partial charge in [0.15, 0.2) is 5.65 Å². The first-order valence-electron chi connectivity index (χ1n) is 7.75. The van der Waals surface area contributed by atoms with Crippen LogP contribution in [-0.2, 0) is 13.1 Å². The summed E-state index contributed by atoms with van der Waals surface area (Å²) in [4.78, 5) is 10.4. The minimum atomic E-state index is 0.898. The van der Waals surface area contributed by atoms with E-state index in [1.165, 1.54) is 5.56 Å². The van der Waals surface area contributed by atoms with Gasteiger partial charge in [-0.2, -0.15) is 5.10 Å². The van der Waals surface area contributed by atoms with Crippen molar-refractivity contribution in [3.8, 4) is 11.4 Å². The minimum absolute atomic E-state index is 0.898. The number of benzene rings is 1. The Hall–Kier alpha value is -2.14. The molecule has 0 aliphatic rings. The lowest BCUT2D eigenvalue weighted by Crippen LogP contribution is -2.10. The van der Waals surface area contributed by atoms with Crippen LogP contribution >= 0.6 is 0 Å². The zero-order valence-electron chi connectivity index (χ0n) is 13.7. The van der Waals surface area contributed by atoms with Gasteiger partial charge < -0.3 is 9.88 Å². The number of fused-ring (bicyclic) bond motifs is 1. The number of aromatic nitrogens is 4. The molecule has 0 unspecified atom stereocenters. The highest BCUT2D eigenvalue weighted by Gasteiger charge is 2.13. The third kappa shape index (κ3) is 2.76. The van der Waals surface area contributed by atoms with E-state index in [0.29, 0.717) is 0 Å². The molecule has 5 nitrogen and oxygen atoms in total. The van der Waals surface area contributed by atoms with E-state index >= 15 is 0 Å². The number of imidazole rings is 1. The number of aryl methyl sites for hydroxylation is 2. The van der Waals surface area contributed by atoms with Crippen LogP contribution in [0.5, 0.6) is 0 Å². The highest BCUT2D eigenvalue weighted by Crippen LogP contribution is 2.23. The van der Waals surface area contributed by atoms with Crippen LogP contribution in [0, 0.1) is 6.92 Å². The van der Waals surface area contributed by atoms with Crippen LogP contribution in [0.3, 0.4) is 0 Å². The van der Waals surface area contributed by atoms with Crippen LogP contribution in [0.2, 0.25) is 0 Å². The van der Waals surface area contributed by atoms with Crippen LogP contribution < -0.4 is 0 Å². The highest BCUT2D eigenvalue weighted by atomic mass is 15.3. The lowest BCUT2D eigenvalue weighted by atomic mass is 10.1. The highest BCUT2D eigenvalue weighted by molar-refractivity contribution is 5.78. The summed E-state index contributed by atoms with van der Waals surface area (Å²) in [5, 5.41) is 4.55. The molecule has 0 saturated carbocycles. The third-order valence-electron chi connectivity index (χ3n) is 3.70. The second-order valence-corrected chi connectivity index (χ2v) is 6.03. The van der Waals surface area contributed by atoms with E-state index in [0.717, 1.165) is 47.8 Å². The van der Waals surface area contributed by atoms with Gasteiger partial charge in [0, 0.05) is 18.7 Å². The number of nitrogens with zero attached hydrogens (tertiary/aromatic N) is 4. The van der Waals surface area contributed by atoms with Gasteiger partial charge in [-0.3, -0.25) is 0 Å². The molecular weight excluding hydrogens is 274 g/mol. The molecule has 0 atom stereocenters. The summed E-state index contributed by atoms with van der Waals surface area (Å²) < 4.78 is 1.99. The molecule has 3 rings (SSSR count). The summed E-state index contributed by atoms with van der Waals surface area (Å²) in [7, 11) is 4.16. The van der Waals surface area contributed by atoms with Gasteiger partial charge in [-0.1, -0.05) is 25.1 Å². The fraction of sp³-hybridized carbons (Fsp3) is 0.412. The topological polar surface area (TPSA) is 49.7 Å². The van der Waals surface area contributed by atoms with Crippen LogP contribution in [0.25, 0.3) is 22.6 Å². The normalized spacial score (nSPS) is 11.7. The Kier molecular flexibility index (Phi) is 3.98. The first-order valence-corrected chi connectivity index (χ1v) is 7.75. The minimum Gasteiger partial charge on any atom is -0.335 e. The molecule has 5 heteroatoms. The summed E-state index contributed by atoms with van der Waals surface area (Å²) >= 11 is 0. The number of hydrogen-bond donors (Lipinski definition) is 1. The molecular formula is C17H23N5. The van der Waals surface area contributed by atoms with Crippen molar-refractivity contribution in [2.75, 3.05) is 14.1 Å². The molecule has 0 bridgehead atoms. The number of aromatic amines is 1. The fourth-order valence-corrected chi connectivity index (χ4v) is 2.77. The quantitative estimate of drug-likeness (QED) is 0.786. The van der Waals surface area contributed by atoms with Crippen molar-refractivity contribution >= 4 is 11.2 Å². The number of H-pyrrole nitrogens is 1. The van der Waals surface area contributed by atoms with Gasteiger partial charge in [-0.25, -0.2) is 9.67 Å². The van der Waals surface area contributed by atoms with Gasteiger partial charge in [-0.15, -0.1) is 0 Å². The van der Waals surface area contributed by atoms with Gasteiger partial charge in [0.1, 0.15) is 11.3 Å². The van der Waals surface area contributed by atoms with Gasteiger partial charge in [0.25, 0.3) is 0 Å². The fourth-order valence-electron chi connectivity index (χ4n) is 2.77. The van der Waals surface area contributed by atoms with Gasteiger partial charge in [-0.05, 0) is 39.1 Å². The van der Waals surface area contributed by atoms with Gasteiger partial charge in [0.05, 0.1) is 5.69 Å². The third-order valence-corrected chi connectivity index (χ3v) is 3.70. The molecule has 1 N–H and O–H groups in total. The molecule has 0 amide bonds. The lowest BCUT2D eigenvalue weighted by Gasteiger charge is -2.10. The largest absolute Gasteiger partial charge is 0.335 e. The van der Waals surface area contributed by atoms with Crippen molar-refractivity contribution < 1.29 is 0 Å². The second kappa shape index (κ2) is 5.93. The first-order chi connectivity index (χ1) is 10.6. The summed E-state index contributed by atoms with van der Waals surface area (Å²) in [6, 6.07) is 8.54. The van der Waals surface area contributed by atoms with E-state index in [-0.39, 0.29) is 0 Å². The Morgan fingerprint density at radius 1 is 1.27 bits per heavy atom. The number of hydrogen-bond acceptors (Lipinski definition) is 3. The maximum absolute atomic E-state index is 4.77. The second-order valence-electron chi connectivity index (χ2n) is 6.03. The Morgan fingerprint density at radius 3 is 2.82 bits per heavy atom. The van der Waals surface area contributed by atoms with E-state index < -0.39 is 0 Å². The van der Waals surface area contributed by atoms with E-state index in [9.17, 15) is 0 Å². The average molecular weight is 297 g/mol. The molecule has 22 heavy (non-hydrogen) atoms. The molecule has 0 spiro atoms. The molecule has 0 radical (unpaired) electrons. The number of rotatable bonds is 5. The SMILES string of the molecule is CCCn1nc(C)c2[nH]c(-c3cccc(CN(C)C)c3)nc21. The van der Waals surface area contributed by atoms with Crippen molar-refractivity contribution in [2.45, 2.75) is 33.4 Å². The van der Waals surface area contributed by atoms with Crippen molar-refractivity contribution in [2.24, 2.45) is 0 Å². The zero-order valence-corrected chi connectivity index (χ0v) is 13.7. The molecule has 3 aromatic rings. The molecule has 1 aromatic carbocycles. The van der Waals surface area contributed by atoms with E-state index in [2.05, 4.69) is 60.3 Å². The summed E-state index contributed by atoms with van der Waals surface area (Å²) in [5.74, 6) is 0.918. The van der Waals surface area contributed by atoms with Gasteiger partial charge in [0.2, 0.25) is 0 Å². The van der Waals surface area contributed by atoms with Crippen LogP contribution in [0.4, 0.5) is 0 Å². The number of nitrogens with one attached hydrogen (secondary N) is 1. The van der Waals surface area contributed by atoms with Gasteiger partial charge >= 0.3 is 0 Å². The first kappa shape index (κ1) is 14.8.